The van der Waals surface area contributed by atoms with Gasteiger partial charge in [-0.1, -0.05) is 17.7 Å². The first-order valence-corrected chi connectivity index (χ1v) is 4.81. The molecule has 0 spiro atoms. The van der Waals surface area contributed by atoms with E-state index in [0.29, 0.717) is 0 Å². The smallest absolute Gasteiger partial charge is 0.405 e. The summed E-state index contributed by atoms with van der Waals surface area (Å²) in [7, 11) is 0. The van der Waals surface area contributed by atoms with Crippen LogP contribution < -0.4 is 4.74 Å². The van der Waals surface area contributed by atoms with Gasteiger partial charge in [-0.3, -0.25) is 0 Å². The molecule has 0 heterocycles. The van der Waals surface area contributed by atoms with Crippen LogP contribution in [-0.4, -0.2) is 6.36 Å². The van der Waals surface area contributed by atoms with Gasteiger partial charge in [0.1, 0.15) is 23.5 Å². The first-order valence-electron chi connectivity index (χ1n) is 4.43. The Hall–Kier alpha value is -2.18. The van der Waals surface area contributed by atoms with E-state index in [1.807, 2.05) is 0 Å². The second-order valence-electron chi connectivity index (χ2n) is 2.98. The Morgan fingerprint density at radius 3 is 2.39 bits per heavy atom. The molecular formula is C11H4ClF3N2O. The van der Waals surface area contributed by atoms with Crippen molar-refractivity contribution in [1.29, 1.82) is 10.5 Å². The second kappa shape index (κ2) is 5.44. The quantitative estimate of drug-likeness (QED) is 0.772. The normalized spacial score (nSPS) is 10.1. The predicted molar refractivity (Wildman–Crippen MR) is 57.3 cm³/mol. The third kappa shape index (κ3) is 3.69. The molecule has 1 aromatic carbocycles. The Kier molecular flexibility index (Phi) is 4.19. The molecule has 1 rings (SSSR count). The van der Waals surface area contributed by atoms with Crippen LogP contribution in [0.25, 0.3) is 6.08 Å². The Bertz CT molecular complexity index is 551. The standard InChI is InChI=1S/C11H4ClF3N2O/c12-9-2-1-3-10(18-11(13,14)15)8(9)4-7(5-16)6-17/h1-4H. The highest BCUT2D eigenvalue weighted by Gasteiger charge is 2.32. The van der Waals surface area contributed by atoms with Crippen LogP contribution in [0.5, 0.6) is 5.75 Å². The molecule has 0 atom stereocenters. The number of allylic oxidation sites excluding steroid dienone is 1. The van der Waals surface area contributed by atoms with E-state index < -0.39 is 12.1 Å². The highest BCUT2D eigenvalue weighted by atomic mass is 35.5. The molecule has 0 aliphatic heterocycles. The van der Waals surface area contributed by atoms with Crippen LogP contribution in [0.15, 0.2) is 23.8 Å². The average Bonchev–Trinajstić information content (AvgIpc) is 2.27. The number of ether oxygens (including phenoxy) is 1. The first kappa shape index (κ1) is 13.9. The number of hydrogen-bond donors (Lipinski definition) is 0. The summed E-state index contributed by atoms with van der Waals surface area (Å²) in [6.07, 6.45) is -3.95. The molecule has 0 bridgehead atoms. The Balaban J connectivity index is 3.31. The minimum atomic E-state index is -4.88. The van der Waals surface area contributed by atoms with Crippen LogP contribution in [0.2, 0.25) is 5.02 Å². The molecular weight excluding hydrogens is 269 g/mol. The van der Waals surface area contributed by atoms with Crippen molar-refractivity contribution in [3.63, 3.8) is 0 Å². The third-order valence-corrected chi connectivity index (χ3v) is 2.10. The topological polar surface area (TPSA) is 56.8 Å². The highest BCUT2D eigenvalue weighted by Crippen LogP contribution is 2.32. The maximum atomic E-state index is 12.1. The molecule has 0 fully saturated rings. The molecule has 0 saturated heterocycles. The monoisotopic (exact) mass is 272 g/mol. The van der Waals surface area contributed by atoms with Crippen LogP contribution in [0, 0.1) is 22.7 Å². The molecule has 0 aliphatic rings. The Labute approximate surface area is 105 Å². The Morgan fingerprint density at radius 1 is 1.28 bits per heavy atom. The Morgan fingerprint density at radius 2 is 1.89 bits per heavy atom. The van der Waals surface area contributed by atoms with Gasteiger partial charge in [0.2, 0.25) is 0 Å². The van der Waals surface area contributed by atoms with Crippen LogP contribution in [0.4, 0.5) is 13.2 Å². The molecule has 0 saturated carbocycles. The van der Waals surface area contributed by atoms with Crippen molar-refractivity contribution in [3.05, 3.63) is 34.4 Å². The summed E-state index contributed by atoms with van der Waals surface area (Å²) in [6.45, 7) is 0. The summed E-state index contributed by atoms with van der Waals surface area (Å²) >= 11 is 5.71. The number of nitriles is 2. The van der Waals surface area contributed by atoms with Gasteiger partial charge in [-0.25, -0.2) is 0 Å². The fourth-order valence-electron chi connectivity index (χ4n) is 1.10. The van der Waals surface area contributed by atoms with Crippen molar-refractivity contribution < 1.29 is 17.9 Å². The summed E-state index contributed by atoms with van der Waals surface area (Å²) in [6, 6.07) is 6.67. The van der Waals surface area contributed by atoms with Crippen LogP contribution >= 0.6 is 11.6 Å². The van der Waals surface area contributed by atoms with Crippen LogP contribution in [-0.2, 0) is 0 Å². The van der Waals surface area contributed by atoms with Crippen LogP contribution in [0.3, 0.4) is 0 Å². The number of halogens is 4. The molecule has 92 valence electrons. The summed E-state index contributed by atoms with van der Waals surface area (Å²) in [5, 5.41) is 17.1. The lowest BCUT2D eigenvalue weighted by atomic mass is 10.1. The van der Waals surface area contributed by atoms with Crippen molar-refractivity contribution >= 4 is 17.7 Å². The molecule has 0 aliphatic carbocycles. The van der Waals surface area contributed by atoms with E-state index in [-0.39, 0.29) is 16.2 Å². The van der Waals surface area contributed by atoms with Gasteiger partial charge in [-0.2, -0.15) is 10.5 Å². The van der Waals surface area contributed by atoms with Crippen LogP contribution in [0.1, 0.15) is 5.56 Å². The van der Waals surface area contributed by atoms with Gasteiger partial charge in [0.25, 0.3) is 0 Å². The maximum absolute atomic E-state index is 12.1. The summed E-state index contributed by atoms with van der Waals surface area (Å²) in [5.74, 6) is -0.571. The zero-order valence-electron chi connectivity index (χ0n) is 8.62. The largest absolute Gasteiger partial charge is 0.573 e. The molecule has 0 amide bonds. The predicted octanol–water partition coefficient (Wildman–Crippen LogP) is 3.67. The molecule has 3 nitrogen and oxygen atoms in total. The number of hydrogen-bond acceptors (Lipinski definition) is 3. The van der Waals surface area contributed by atoms with Crippen molar-refractivity contribution in [2.24, 2.45) is 0 Å². The van der Waals surface area contributed by atoms with E-state index in [2.05, 4.69) is 4.74 Å². The second-order valence-corrected chi connectivity index (χ2v) is 3.39. The molecule has 0 unspecified atom stereocenters. The van der Waals surface area contributed by atoms with E-state index in [0.717, 1.165) is 12.1 Å². The van der Waals surface area contributed by atoms with E-state index in [1.165, 1.54) is 24.3 Å². The van der Waals surface area contributed by atoms with E-state index in [4.69, 9.17) is 22.1 Å². The minimum Gasteiger partial charge on any atom is -0.405 e. The van der Waals surface area contributed by atoms with Crippen molar-refractivity contribution in [2.45, 2.75) is 6.36 Å². The fraction of sp³-hybridized carbons (Fsp3) is 0.0909. The minimum absolute atomic E-state index is 0.0558. The van der Waals surface area contributed by atoms with Gasteiger partial charge < -0.3 is 4.74 Å². The molecule has 18 heavy (non-hydrogen) atoms. The van der Waals surface area contributed by atoms with Crippen molar-refractivity contribution in [1.82, 2.24) is 0 Å². The lowest BCUT2D eigenvalue weighted by Crippen LogP contribution is -2.17. The first-order chi connectivity index (χ1) is 8.37. The zero-order valence-corrected chi connectivity index (χ0v) is 9.38. The number of rotatable bonds is 2. The van der Waals surface area contributed by atoms with Crippen molar-refractivity contribution in [2.75, 3.05) is 0 Å². The van der Waals surface area contributed by atoms with E-state index >= 15 is 0 Å². The lowest BCUT2D eigenvalue weighted by Gasteiger charge is -2.12. The molecule has 7 heteroatoms. The van der Waals surface area contributed by atoms with Gasteiger partial charge in [0.05, 0.1) is 5.02 Å². The van der Waals surface area contributed by atoms with E-state index in [9.17, 15) is 13.2 Å². The lowest BCUT2D eigenvalue weighted by molar-refractivity contribution is -0.274. The zero-order chi connectivity index (χ0) is 13.8. The fourth-order valence-corrected chi connectivity index (χ4v) is 1.33. The third-order valence-electron chi connectivity index (χ3n) is 1.77. The maximum Gasteiger partial charge on any atom is 0.573 e. The number of benzene rings is 1. The highest BCUT2D eigenvalue weighted by molar-refractivity contribution is 6.32. The van der Waals surface area contributed by atoms with Crippen molar-refractivity contribution in [3.8, 4) is 17.9 Å². The number of alkyl halides is 3. The van der Waals surface area contributed by atoms with Gasteiger partial charge in [-0.05, 0) is 18.2 Å². The molecule has 0 aromatic heterocycles. The molecule has 0 radical (unpaired) electrons. The molecule has 0 N–H and O–H groups in total. The van der Waals surface area contributed by atoms with Gasteiger partial charge in [-0.15, -0.1) is 13.2 Å². The average molecular weight is 273 g/mol. The summed E-state index contributed by atoms with van der Waals surface area (Å²) < 4.78 is 40.2. The number of nitrogens with zero attached hydrogens (tertiary/aromatic N) is 2. The SMILES string of the molecule is N#CC(C#N)=Cc1c(Cl)cccc1OC(F)(F)F. The van der Waals surface area contributed by atoms with Gasteiger partial charge >= 0.3 is 6.36 Å². The summed E-state index contributed by atoms with van der Waals surface area (Å²) in [4.78, 5) is 0. The van der Waals surface area contributed by atoms with Gasteiger partial charge in [0.15, 0.2) is 0 Å². The van der Waals surface area contributed by atoms with Gasteiger partial charge in [0, 0.05) is 5.56 Å². The summed E-state index contributed by atoms with van der Waals surface area (Å²) in [5.41, 5.74) is -0.551. The van der Waals surface area contributed by atoms with E-state index in [1.54, 1.807) is 0 Å². The molecule has 1 aromatic rings.